The summed E-state index contributed by atoms with van der Waals surface area (Å²) in [5.74, 6) is 0. The minimum atomic E-state index is 0.741. The summed E-state index contributed by atoms with van der Waals surface area (Å²) in [5.41, 5.74) is 3.59. The molecular weight excluding hydrogens is 304 g/mol. The summed E-state index contributed by atoms with van der Waals surface area (Å²) in [7, 11) is 0. The van der Waals surface area contributed by atoms with Gasteiger partial charge in [-0.05, 0) is 23.8 Å². The molecule has 4 heteroatoms. The molecule has 0 bridgehead atoms. The van der Waals surface area contributed by atoms with Crippen LogP contribution in [-0.2, 0) is 4.74 Å². The number of hydrogen-bond donors (Lipinski definition) is 0. The second-order valence-electron chi connectivity index (χ2n) is 5.68. The number of morpholine rings is 1. The molecule has 0 amide bonds. The van der Waals surface area contributed by atoms with Gasteiger partial charge in [-0.25, -0.2) is 0 Å². The fourth-order valence-corrected chi connectivity index (χ4v) is 3.43. The Hall–Kier alpha value is -2.17. The molecule has 0 spiro atoms. The highest BCUT2D eigenvalue weighted by atomic mass is 32.1. The summed E-state index contributed by atoms with van der Waals surface area (Å²) in [5, 5.41) is 2.08. The zero-order chi connectivity index (χ0) is 15.6. The van der Waals surface area contributed by atoms with Crippen LogP contribution in [0.25, 0.3) is 22.0 Å². The van der Waals surface area contributed by atoms with Crippen LogP contribution in [0.4, 0.5) is 0 Å². The average Bonchev–Trinajstić information content (AvgIpc) is 3.02. The number of aromatic nitrogens is 1. The van der Waals surface area contributed by atoms with E-state index >= 15 is 0 Å². The van der Waals surface area contributed by atoms with Crippen molar-refractivity contribution in [1.82, 2.24) is 9.47 Å². The molecule has 3 aromatic rings. The Labute approximate surface area is 141 Å². The number of benzene rings is 2. The molecule has 0 radical (unpaired) electrons. The van der Waals surface area contributed by atoms with Gasteiger partial charge in [0.15, 0.2) is 5.11 Å². The highest BCUT2D eigenvalue weighted by Crippen LogP contribution is 2.30. The third kappa shape index (κ3) is 2.64. The van der Waals surface area contributed by atoms with Gasteiger partial charge >= 0.3 is 0 Å². The molecule has 4 rings (SSSR count). The number of para-hydroxylation sites is 1. The lowest BCUT2D eigenvalue weighted by molar-refractivity contribution is 0.0679. The molecule has 3 nitrogen and oxygen atoms in total. The summed E-state index contributed by atoms with van der Waals surface area (Å²) >= 11 is 5.76. The van der Waals surface area contributed by atoms with Crippen LogP contribution < -0.4 is 0 Å². The first-order valence-electron chi connectivity index (χ1n) is 7.87. The van der Waals surface area contributed by atoms with Crippen LogP contribution in [0.15, 0.2) is 60.8 Å². The lowest BCUT2D eigenvalue weighted by atomic mass is 10.1. The third-order valence-electron chi connectivity index (χ3n) is 4.28. The topological polar surface area (TPSA) is 17.4 Å². The van der Waals surface area contributed by atoms with Crippen molar-refractivity contribution in [3.63, 3.8) is 0 Å². The molecule has 116 valence electrons. The number of ether oxygens (including phenoxy) is 1. The molecule has 0 unspecified atom stereocenters. The Balaban J connectivity index is 1.83. The lowest BCUT2D eigenvalue weighted by Crippen LogP contribution is -2.42. The fourth-order valence-electron chi connectivity index (χ4n) is 3.09. The van der Waals surface area contributed by atoms with Gasteiger partial charge in [-0.2, -0.15) is 0 Å². The van der Waals surface area contributed by atoms with Crippen LogP contribution in [0.2, 0.25) is 0 Å². The quantitative estimate of drug-likeness (QED) is 0.635. The van der Waals surface area contributed by atoms with Gasteiger partial charge in [-0.15, -0.1) is 0 Å². The van der Waals surface area contributed by atoms with E-state index in [4.69, 9.17) is 17.0 Å². The molecule has 2 heterocycles. The normalized spacial score (nSPS) is 15.0. The van der Waals surface area contributed by atoms with Crippen molar-refractivity contribution in [1.29, 1.82) is 0 Å². The number of rotatable bonds is 1. The summed E-state index contributed by atoms with van der Waals surface area (Å²) < 4.78 is 7.57. The highest BCUT2D eigenvalue weighted by Gasteiger charge is 2.18. The molecule has 1 aliphatic rings. The van der Waals surface area contributed by atoms with Crippen LogP contribution in [0, 0.1) is 0 Å². The molecule has 0 N–H and O–H groups in total. The van der Waals surface area contributed by atoms with Crippen LogP contribution in [0.3, 0.4) is 0 Å². The van der Waals surface area contributed by atoms with Gasteiger partial charge in [0, 0.05) is 30.2 Å². The molecule has 1 aromatic heterocycles. The first-order valence-corrected chi connectivity index (χ1v) is 8.28. The maximum atomic E-state index is 5.76. The van der Waals surface area contributed by atoms with Gasteiger partial charge < -0.3 is 9.64 Å². The van der Waals surface area contributed by atoms with Gasteiger partial charge in [-0.1, -0.05) is 48.5 Å². The standard InChI is InChI=1S/C19H18N2OS/c23-19(20-10-12-22-13-11-20)21-14-17(15-6-2-1-3-7-15)16-8-4-5-9-18(16)21/h1-9,14H,10-13H2. The average molecular weight is 322 g/mol. The van der Waals surface area contributed by atoms with Crippen molar-refractivity contribution in [2.75, 3.05) is 26.3 Å². The van der Waals surface area contributed by atoms with E-state index in [9.17, 15) is 0 Å². The predicted octanol–water partition coefficient (Wildman–Crippen LogP) is 3.77. The van der Waals surface area contributed by atoms with Gasteiger partial charge in [0.25, 0.3) is 0 Å². The zero-order valence-electron chi connectivity index (χ0n) is 12.8. The van der Waals surface area contributed by atoms with Gasteiger partial charge in [0.1, 0.15) is 0 Å². The molecular formula is C19H18N2OS. The Morgan fingerprint density at radius 3 is 2.39 bits per heavy atom. The minimum Gasteiger partial charge on any atom is -0.378 e. The maximum Gasteiger partial charge on any atom is 0.180 e. The Bertz CT molecular complexity index is 835. The Kier molecular flexibility index (Phi) is 3.85. The van der Waals surface area contributed by atoms with E-state index in [0.717, 1.165) is 36.9 Å². The molecule has 0 atom stereocenters. The van der Waals surface area contributed by atoms with Crippen molar-refractivity contribution in [2.45, 2.75) is 0 Å². The number of hydrogen-bond acceptors (Lipinski definition) is 2. The second-order valence-corrected chi connectivity index (χ2v) is 6.04. The van der Waals surface area contributed by atoms with Crippen LogP contribution in [-0.4, -0.2) is 40.9 Å². The fraction of sp³-hybridized carbons (Fsp3) is 0.211. The SMILES string of the molecule is S=C(N1CCOCC1)n1cc(-c2ccccc2)c2ccccc21. The first-order chi connectivity index (χ1) is 11.3. The van der Waals surface area contributed by atoms with Gasteiger partial charge in [0.05, 0.1) is 18.7 Å². The smallest absolute Gasteiger partial charge is 0.180 e. The summed E-state index contributed by atoms with van der Waals surface area (Å²) in [4.78, 5) is 2.22. The van der Waals surface area contributed by atoms with E-state index in [1.54, 1.807) is 0 Å². The summed E-state index contributed by atoms with van der Waals surface area (Å²) in [6.45, 7) is 3.19. The second kappa shape index (κ2) is 6.14. The van der Waals surface area contributed by atoms with Gasteiger partial charge in [-0.3, -0.25) is 4.57 Å². The molecule has 23 heavy (non-hydrogen) atoms. The molecule has 2 aromatic carbocycles. The van der Waals surface area contributed by atoms with E-state index in [1.165, 1.54) is 16.5 Å². The predicted molar refractivity (Wildman–Crippen MR) is 97.8 cm³/mol. The highest BCUT2D eigenvalue weighted by molar-refractivity contribution is 7.80. The summed E-state index contributed by atoms with van der Waals surface area (Å²) in [6.07, 6.45) is 2.16. The van der Waals surface area contributed by atoms with E-state index < -0.39 is 0 Å². The van der Waals surface area contributed by atoms with E-state index in [-0.39, 0.29) is 0 Å². The third-order valence-corrected chi connectivity index (χ3v) is 4.74. The molecule has 0 saturated carbocycles. The van der Waals surface area contributed by atoms with E-state index in [0.29, 0.717) is 0 Å². The first kappa shape index (κ1) is 14.4. The van der Waals surface area contributed by atoms with Crippen LogP contribution in [0.5, 0.6) is 0 Å². The number of nitrogens with zero attached hydrogens (tertiary/aromatic N) is 2. The van der Waals surface area contributed by atoms with Crippen molar-refractivity contribution in [3.05, 3.63) is 60.8 Å². The van der Waals surface area contributed by atoms with Crippen molar-refractivity contribution < 1.29 is 4.74 Å². The molecule has 0 aliphatic carbocycles. The van der Waals surface area contributed by atoms with Crippen molar-refractivity contribution in [3.8, 4) is 11.1 Å². The van der Waals surface area contributed by atoms with Crippen molar-refractivity contribution in [2.24, 2.45) is 0 Å². The monoisotopic (exact) mass is 322 g/mol. The maximum absolute atomic E-state index is 5.76. The Morgan fingerprint density at radius 2 is 1.61 bits per heavy atom. The van der Waals surface area contributed by atoms with Gasteiger partial charge in [0.2, 0.25) is 0 Å². The molecule has 1 saturated heterocycles. The van der Waals surface area contributed by atoms with Crippen LogP contribution >= 0.6 is 12.2 Å². The minimum absolute atomic E-state index is 0.741. The zero-order valence-corrected chi connectivity index (χ0v) is 13.6. The Morgan fingerprint density at radius 1 is 0.913 bits per heavy atom. The largest absolute Gasteiger partial charge is 0.378 e. The van der Waals surface area contributed by atoms with E-state index in [2.05, 4.69) is 64.2 Å². The summed E-state index contributed by atoms with van der Waals surface area (Å²) in [6, 6.07) is 18.9. The number of fused-ring (bicyclic) bond motifs is 1. The van der Waals surface area contributed by atoms with Crippen LogP contribution in [0.1, 0.15) is 0 Å². The van der Waals surface area contributed by atoms with E-state index in [1.807, 2.05) is 6.07 Å². The lowest BCUT2D eigenvalue weighted by Gasteiger charge is -2.29. The molecule has 1 fully saturated rings. The molecule has 1 aliphatic heterocycles. The number of thiocarbonyl (C=S) groups is 1. The van der Waals surface area contributed by atoms with Crippen molar-refractivity contribution >= 4 is 28.2 Å².